The monoisotopic (exact) mass is 223 g/mol. The molecule has 5 heteroatoms. The first-order valence-corrected chi connectivity index (χ1v) is 5.17. The van der Waals surface area contributed by atoms with E-state index in [0.29, 0.717) is 11.6 Å². The summed E-state index contributed by atoms with van der Waals surface area (Å²) in [4.78, 5) is 12.1. The minimum absolute atomic E-state index is 0.0270. The molecule has 0 aliphatic heterocycles. The van der Waals surface area contributed by atoms with Gasteiger partial charge in [-0.15, -0.1) is 0 Å². The summed E-state index contributed by atoms with van der Waals surface area (Å²) in [6, 6.07) is 4.56. The van der Waals surface area contributed by atoms with Gasteiger partial charge in [-0.25, -0.2) is 0 Å². The highest BCUT2D eigenvalue weighted by atomic mass is 16.6. The standard InChI is InChI=1S/C11H17N3O2/c1-8(2)7-13(3)11-5-4-9(14(15)16)6-10(11)12/h4-6,8H,7,12H2,1-3H3. The molecule has 5 nitrogen and oxygen atoms in total. The van der Waals surface area contributed by atoms with Crippen molar-refractivity contribution in [2.45, 2.75) is 13.8 Å². The van der Waals surface area contributed by atoms with Crippen LogP contribution in [0.2, 0.25) is 0 Å². The minimum Gasteiger partial charge on any atom is -0.397 e. The van der Waals surface area contributed by atoms with Crippen molar-refractivity contribution in [1.82, 2.24) is 0 Å². The van der Waals surface area contributed by atoms with E-state index in [0.717, 1.165) is 12.2 Å². The van der Waals surface area contributed by atoms with Crippen LogP contribution in [0.15, 0.2) is 18.2 Å². The van der Waals surface area contributed by atoms with Gasteiger partial charge in [0.25, 0.3) is 5.69 Å². The van der Waals surface area contributed by atoms with E-state index < -0.39 is 4.92 Å². The molecule has 0 aliphatic carbocycles. The molecule has 88 valence electrons. The number of benzene rings is 1. The molecule has 2 N–H and O–H groups in total. The Kier molecular flexibility index (Phi) is 3.71. The van der Waals surface area contributed by atoms with Crippen molar-refractivity contribution in [3.63, 3.8) is 0 Å². The van der Waals surface area contributed by atoms with E-state index in [2.05, 4.69) is 13.8 Å². The van der Waals surface area contributed by atoms with Crippen LogP contribution in [-0.4, -0.2) is 18.5 Å². The van der Waals surface area contributed by atoms with E-state index in [9.17, 15) is 10.1 Å². The fraction of sp³-hybridized carbons (Fsp3) is 0.455. The lowest BCUT2D eigenvalue weighted by atomic mass is 10.2. The van der Waals surface area contributed by atoms with Gasteiger partial charge < -0.3 is 10.6 Å². The first-order valence-electron chi connectivity index (χ1n) is 5.17. The van der Waals surface area contributed by atoms with Crippen LogP contribution < -0.4 is 10.6 Å². The van der Waals surface area contributed by atoms with E-state index in [-0.39, 0.29) is 5.69 Å². The highest BCUT2D eigenvalue weighted by molar-refractivity contribution is 5.70. The SMILES string of the molecule is CC(C)CN(C)c1ccc([N+](=O)[O-])cc1N. The summed E-state index contributed by atoms with van der Waals surface area (Å²) < 4.78 is 0. The van der Waals surface area contributed by atoms with Gasteiger partial charge in [-0.1, -0.05) is 13.8 Å². The number of nitrogens with zero attached hydrogens (tertiary/aromatic N) is 2. The second-order valence-corrected chi connectivity index (χ2v) is 4.27. The van der Waals surface area contributed by atoms with Gasteiger partial charge >= 0.3 is 0 Å². The van der Waals surface area contributed by atoms with Crippen molar-refractivity contribution in [3.05, 3.63) is 28.3 Å². The lowest BCUT2D eigenvalue weighted by Crippen LogP contribution is -2.23. The molecule has 0 aromatic heterocycles. The number of nitro benzene ring substituents is 1. The maximum absolute atomic E-state index is 10.5. The molecule has 1 aromatic carbocycles. The van der Waals surface area contributed by atoms with Crippen LogP contribution in [0.3, 0.4) is 0 Å². The van der Waals surface area contributed by atoms with Crippen LogP contribution in [-0.2, 0) is 0 Å². The van der Waals surface area contributed by atoms with E-state index in [1.54, 1.807) is 6.07 Å². The fourth-order valence-corrected chi connectivity index (χ4v) is 1.65. The number of nitrogens with two attached hydrogens (primary N) is 1. The second kappa shape index (κ2) is 4.83. The Morgan fingerprint density at radius 3 is 2.56 bits per heavy atom. The molecule has 0 saturated carbocycles. The van der Waals surface area contributed by atoms with Crippen LogP contribution >= 0.6 is 0 Å². The Balaban J connectivity index is 2.94. The second-order valence-electron chi connectivity index (χ2n) is 4.27. The summed E-state index contributed by atoms with van der Waals surface area (Å²) in [6.45, 7) is 5.08. The first-order chi connectivity index (χ1) is 7.41. The molecule has 0 bridgehead atoms. The van der Waals surface area contributed by atoms with E-state index in [4.69, 9.17) is 5.73 Å². The van der Waals surface area contributed by atoms with Crippen LogP contribution in [0.5, 0.6) is 0 Å². The van der Waals surface area contributed by atoms with Crippen LogP contribution in [0, 0.1) is 16.0 Å². The molecule has 0 aliphatic rings. The number of anilines is 2. The van der Waals surface area contributed by atoms with Gasteiger partial charge in [-0.3, -0.25) is 10.1 Å². The summed E-state index contributed by atoms with van der Waals surface area (Å²) in [5, 5.41) is 10.5. The van der Waals surface area contributed by atoms with Gasteiger partial charge in [-0.2, -0.15) is 0 Å². The first kappa shape index (κ1) is 12.3. The fourth-order valence-electron chi connectivity index (χ4n) is 1.65. The van der Waals surface area contributed by atoms with Crippen molar-refractivity contribution < 1.29 is 4.92 Å². The quantitative estimate of drug-likeness (QED) is 0.483. The molecule has 0 unspecified atom stereocenters. The number of non-ortho nitro benzene ring substituents is 1. The summed E-state index contributed by atoms with van der Waals surface area (Å²) in [5.41, 5.74) is 7.09. The third kappa shape index (κ3) is 2.85. The molecule has 0 fully saturated rings. The number of rotatable bonds is 4. The highest BCUT2D eigenvalue weighted by Gasteiger charge is 2.11. The minimum atomic E-state index is -0.442. The summed E-state index contributed by atoms with van der Waals surface area (Å²) in [7, 11) is 1.93. The van der Waals surface area contributed by atoms with Crippen molar-refractivity contribution >= 4 is 17.1 Å². The maximum Gasteiger partial charge on any atom is 0.271 e. The molecule has 0 amide bonds. The zero-order valence-electron chi connectivity index (χ0n) is 9.80. The smallest absolute Gasteiger partial charge is 0.271 e. The average Bonchev–Trinajstić information content (AvgIpc) is 2.15. The lowest BCUT2D eigenvalue weighted by molar-refractivity contribution is -0.384. The third-order valence-corrected chi connectivity index (χ3v) is 2.27. The van der Waals surface area contributed by atoms with Gasteiger partial charge in [0.2, 0.25) is 0 Å². The Bertz CT molecular complexity index is 391. The number of hydrogen-bond acceptors (Lipinski definition) is 4. The maximum atomic E-state index is 10.5. The van der Waals surface area contributed by atoms with Gasteiger partial charge in [0, 0.05) is 25.7 Å². The van der Waals surface area contributed by atoms with Crippen LogP contribution in [0.4, 0.5) is 17.1 Å². The number of hydrogen-bond donors (Lipinski definition) is 1. The highest BCUT2D eigenvalue weighted by Crippen LogP contribution is 2.27. The molecule has 0 spiro atoms. The molecular weight excluding hydrogens is 206 g/mol. The summed E-state index contributed by atoms with van der Waals surface area (Å²) in [5.74, 6) is 0.514. The van der Waals surface area contributed by atoms with Crippen molar-refractivity contribution in [1.29, 1.82) is 0 Å². The van der Waals surface area contributed by atoms with Crippen LogP contribution in [0.1, 0.15) is 13.8 Å². The number of nitrogen functional groups attached to an aromatic ring is 1. The van der Waals surface area contributed by atoms with Crippen molar-refractivity contribution in [2.24, 2.45) is 5.92 Å². The Morgan fingerprint density at radius 2 is 2.12 bits per heavy atom. The largest absolute Gasteiger partial charge is 0.397 e. The van der Waals surface area contributed by atoms with E-state index in [1.807, 2.05) is 11.9 Å². The third-order valence-electron chi connectivity index (χ3n) is 2.27. The average molecular weight is 223 g/mol. The predicted octanol–water partition coefficient (Wildman–Crippen LogP) is 2.27. The molecule has 0 radical (unpaired) electrons. The Hall–Kier alpha value is -1.78. The van der Waals surface area contributed by atoms with Crippen molar-refractivity contribution in [2.75, 3.05) is 24.2 Å². The molecule has 0 saturated heterocycles. The molecule has 1 rings (SSSR count). The summed E-state index contributed by atoms with van der Waals surface area (Å²) >= 11 is 0. The molecule has 0 atom stereocenters. The van der Waals surface area contributed by atoms with Gasteiger partial charge in [-0.05, 0) is 12.0 Å². The summed E-state index contributed by atoms with van der Waals surface area (Å²) in [6.07, 6.45) is 0. The zero-order valence-corrected chi connectivity index (χ0v) is 9.80. The molecule has 0 heterocycles. The molecule has 16 heavy (non-hydrogen) atoms. The molecule has 1 aromatic rings. The zero-order chi connectivity index (χ0) is 12.3. The Morgan fingerprint density at radius 1 is 1.50 bits per heavy atom. The van der Waals surface area contributed by atoms with Crippen molar-refractivity contribution in [3.8, 4) is 0 Å². The normalized spacial score (nSPS) is 10.5. The predicted molar refractivity (Wildman–Crippen MR) is 65.6 cm³/mol. The number of nitro groups is 1. The topological polar surface area (TPSA) is 72.4 Å². The van der Waals surface area contributed by atoms with E-state index >= 15 is 0 Å². The lowest BCUT2D eigenvalue weighted by Gasteiger charge is -2.22. The van der Waals surface area contributed by atoms with Crippen LogP contribution in [0.25, 0.3) is 0 Å². The van der Waals surface area contributed by atoms with Gasteiger partial charge in [0.15, 0.2) is 0 Å². The van der Waals surface area contributed by atoms with Gasteiger partial charge in [0.05, 0.1) is 16.3 Å². The molecular formula is C11H17N3O2. The Labute approximate surface area is 95.0 Å². The van der Waals surface area contributed by atoms with E-state index in [1.165, 1.54) is 12.1 Å². The van der Waals surface area contributed by atoms with Gasteiger partial charge in [0.1, 0.15) is 0 Å².